The second-order valence-corrected chi connectivity index (χ2v) is 5.20. The number of pyridine rings is 1. The molecule has 0 radical (unpaired) electrons. The Morgan fingerprint density at radius 2 is 1.72 bits per heavy atom. The first-order valence-electron chi connectivity index (χ1n) is 5.68. The number of fused-ring (bicyclic) bond motifs is 5. The first kappa shape index (κ1) is 10.1. The van der Waals surface area contributed by atoms with E-state index in [2.05, 4.69) is 39.1 Å². The summed E-state index contributed by atoms with van der Waals surface area (Å²) in [5.41, 5.74) is 3.98. The van der Waals surface area contributed by atoms with Gasteiger partial charge in [-0.1, -0.05) is 6.07 Å². The Labute approximate surface area is 112 Å². The average Bonchev–Trinajstić information content (AvgIpc) is 3.01. The van der Waals surface area contributed by atoms with E-state index in [1.54, 1.807) is 0 Å². The van der Waals surface area contributed by atoms with Crippen molar-refractivity contribution in [1.82, 2.24) is 4.98 Å². The van der Waals surface area contributed by atoms with Crippen LogP contribution in [-0.2, 0) is 0 Å². The van der Waals surface area contributed by atoms with Crippen molar-refractivity contribution in [2.24, 2.45) is 0 Å². The van der Waals surface area contributed by atoms with Crippen molar-refractivity contribution in [2.45, 2.75) is 0 Å². The van der Waals surface area contributed by atoms with E-state index in [9.17, 15) is 0 Å². The number of benzene rings is 2. The van der Waals surface area contributed by atoms with Crippen molar-refractivity contribution in [3.8, 4) is 11.3 Å². The molecule has 0 aliphatic rings. The first-order valence-corrected chi connectivity index (χ1v) is 6.47. The van der Waals surface area contributed by atoms with E-state index in [0.717, 1.165) is 32.3 Å². The van der Waals surface area contributed by atoms with Gasteiger partial charge in [-0.05, 0) is 52.3 Å². The van der Waals surface area contributed by atoms with Crippen LogP contribution < -0.4 is 0 Å². The van der Waals surface area contributed by atoms with Gasteiger partial charge in [0.2, 0.25) is 0 Å². The van der Waals surface area contributed by atoms with Crippen molar-refractivity contribution in [3.63, 3.8) is 0 Å². The Morgan fingerprint density at radius 3 is 2.50 bits per heavy atom. The molecule has 0 saturated carbocycles. The lowest BCUT2D eigenvalue weighted by Crippen LogP contribution is -1.82. The summed E-state index contributed by atoms with van der Waals surface area (Å²) in [5.74, 6) is 0. The molecule has 2 nitrogen and oxygen atoms in total. The highest BCUT2D eigenvalue weighted by atomic mass is 79.9. The third-order valence-corrected chi connectivity index (χ3v) is 3.65. The third kappa shape index (κ3) is 1.37. The summed E-state index contributed by atoms with van der Waals surface area (Å²) >= 11 is 3.40. The molecule has 0 aliphatic heterocycles. The van der Waals surface area contributed by atoms with Gasteiger partial charge in [0.05, 0.1) is 5.69 Å². The zero-order chi connectivity index (χ0) is 12.1. The fourth-order valence-electron chi connectivity index (χ4n) is 2.30. The molecule has 0 unspecified atom stereocenters. The van der Waals surface area contributed by atoms with Crippen LogP contribution in [0, 0.1) is 0 Å². The molecule has 3 heterocycles. The van der Waals surface area contributed by atoms with E-state index in [1.807, 2.05) is 30.5 Å². The van der Waals surface area contributed by atoms with Gasteiger partial charge in [-0.15, -0.1) is 0 Å². The maximum atomic E-state index is 5.65. The van der Waals surface area contributed by atoms with E-state index in [-0.39, 0.29) is 0 Å². The summed E-state index contributed by atoms with van der Waals surface area (Å²) < 4.78 is 6.64. The zero-order valence-corrected chi connectivity index (χ0v) is 10.9. The molecule has 18 heavy (non-hydrogen) atoms. The SMILES string of the molecule is Brc1ccc(-c2ccc3c4ccc(o4)c3c2)nc1. The molecule has 1 aromatic carbocycles. The van der Waals surface area contributed by atoms with Crippen molar-refractivity contribution in [3.05, 3.63) is 53.1 Å². The van der Waals surface area contributed by atoms with Gasteiger partial charge in [0.15, 0.2) is 0 Å². The quantitative estimate of drug-likeness (QED) is 0.502. The minimum absolute atomic E-state index is 0.943. The van der Waals surface area contributed by atoms with Gasteiger partial charge in [0, 0.05) is 27.0 Å². The molecule has 0 aliphatic carbocycles. The number of hydrogen-bond donors (Lipinski definition) is 0. The van der Waals surface area contributed by atoms with Crippen LogP contribution in [0.15, 0.2) is 57.6 Å². The van der Waals surface area contributed by atoms with Crippen LogP contribution in [0.25, 0.3) is 33.2 Å². The lowest BCUT2D eigenvalue weighted by atomic mass is 10.0. The van der Waals surface area contributed by atoms with Crippen molar-refractivity contribution >= 4 is 37.9 Å². The third-order valence-electron chi connectivity index (χ3n) is 3.18. The Kier molecular flexibility index (Phi) is 2.00. The lowest BCUT2D eigenvalue weighted by Gasteiger charge is -2.01. The van der Waals surface area contributed by atoms with Crippen LogP contribution in [0.3, 0.4) is 0 Å². The Hall–Kier alpha value is -1.87. The van der Waals surface area contributed by atoms with Crippen molar-refractivity contribution in [2.75, 3.05) is 0 Å². The molecule has 2 bridgehead atoms. The molecular weight excluding hydrogens is 290 g/mol. The molecule has 0 saturated heterocycles. The lowest BCUT2D eigenvalue weighted by molar-refractivity contribution is 0.679. The standard InChI is InChI=1S/C15H8BrNO/c16-10-2-4-13(17-8-10)9-1-3-11-12(7-9)15-6-5-14(11)18-15/h1-8H. The normalized spacial score (nSPS) is 11.6. The Morgan fingerprint density at radius 1 is 0.889 bits per heavy atom. The van der Waals surface area contributed by atoms with E-state index >= 15 is 0 Å². The summed E-state index contributed by atoms with van der Waals surface area (Å²) in [6.45, 7) is 0. The number of hydrogen-bond acceptors (Lipinski definition) is 2. The molecule has 0 amide bonds. The van der Waals surface area contributed by atoms with Crippen LogP contribution in [-0.4, -0.2) is 4.98 Å². The number of furan rings is 2. The van der Waals surface area contributed by atoms with Gasteiger partial charge >= 0.3 is 0 Å². The highest BCUT2D eigenvalue weighted by molar-refractivity contribution is 9.10. The average molecular weight is 298 g/mol. The molecule has 3 aromatic heterocycles. The number of aromatic nitrogens is 1. The maximum Gasteiger partial charge on any atom is 0.135 e. The molecule has 0 atom stereocenters. The topological polar surface area (TPSA) is 26.0 Å². The summed E-state index contributed by atoms with van der Waals surface area (Å²) in [6, 6.07) is 14.3. The predicted octanol–water partition coefficient (Wildman–Crippen LogP) is 4.85. The van der Waals surface area contributed by atoms with E-state index < -0.39 is 0 Å². The molecular formula is C15H8BrNO. The molecule has 0 fully saturated rings. The summed E-state index contributed by atoms with van der Waals surface area (Å²) in [4.78, 5) is 4.41. The molecule has 0 spiro atoms. The van der Waals surface area contributed by atoms with Crippen LogP contribution in [0.4, 0.5) is 0 Å². The highest BCUT2D eigenvalue weighted by Crippen LogP contribution is 2.33. The fourth-order valence-corrected chi connectivity index (χ4v) is 2.53. The molecule has 4 rings (SSSR count). The first-order chi connectivity index (χ1) is 8.81. The molecule has 86 valence electrons. The van der Waals surface area contributed by atoms with E-state index in [1.165, 1.54) is 5.39 Å². The van der Waals surface area contributed by atoms with Crippen molar-refractivity contribution < 1.29 is 4.42 Å². The van der Waals surface area contributed by atoms with Crippen LogP contribution in [0.1, 0.15) is 0 Å². The van der Waals surface area contributed by atoms with Crippen LogP contribution in [0.2, 0.25) is 0 Å². The maximum absolute atomic E-state index is 5.65. The van der Waals surface area contributed by atoms with Gasteiger partial charge in [0.1, 0.15) is 11.2 Å². The highest BCUT2D eigenvalue weighted by Gasteiger charge is 2.10. The second kappa shape index (κ2) is 3.56. The predicted molar refractivity (Wildman–Crippen MR) is 75.8 cm³/mol. The molecule has 4 aromatic rings. The second-order valence-electron chi connectivity index (χ2n) is 4.29. The number of halogens is 1. The molecule has 0 N–H and O–H groups in total. The smallest absolute Gasteiger partial charge is 0.135 e. The summed E-state index contributed by atoms with van der Waals surface area (Å²) in [7, 11) is 0. The monoisotopic (exact) mass is 297 g/mol. The number of nitrogens with zero attached hydrogens (tertiary/aromatic N) is 1. The van der Waals surface area contributed by atoms with Gasteiger partial charge in [0.25, 0.3) is 0 Å². The van der Waals surface area contributed by atoms with Crippen LogP contribution >= 0.6 is 15.9 Å². The Balaban J connectivity index is 1.95. The Bertz CT molecular complexity index is 832. The summed E-state index contributed by atoms with van der Waals surface area (Å²) in [6.07, 6.45) is 1.81. The minimum atomic E-state index is 0.943. The van der Waals surface area contributed by atoms with Gasteiger partial charge < -0.3 is 4.42 Å². The largest absolute Gasteiger partial charge is 0.456 e. The van der Waals surface area contributed by atoms with Crippen molar-refractivity contribution in [1.29, 1.82) is 0 Å². The zero-order valence-electron chi connectivity index (χ0n) is 9.35. The van der Waals surface area contributed by atoms with E-state index in [0.29, 0.717) is 0 Å². The summed E-state index contributed by atoms with van der Waals surface area (Å²) in [5, 5.41) is 2.34. The molecule has 3 heteroatoms. The van der Waals surface area contributed by atoms with Gasteiger partial charge in [-0.3, -0.25) is 4.98 Å². The van der Waals surface area contributed by atoms with Gasteiger partial charge in [-0.2, -0.15) is 0 Å². The van der Waals surface area contributed by atoms with Crippen LogP contribution in [0.5, 0.6) is 0 Å². The van der Waals surface area contributed by atoms with E-state index in [4.69, 9.17) is 4.42 Å². The minimum Gasteiger partial charge on any atom is -0.456 e. The number of rotatable bonds is 1. The van der Waals surface area contributed by atoms with Gasteiger partial charge in [-0.25, -0.2) is 0 Å². The fraction of sp³-hybridized carbons (Fsp3) is 0.